The number of hydrogen-bond acceptors (Lipinski definition) is 2. The second-order valence-corrected chi connectivity index (χ2v) is 2.42. The summed E-state index contributed by atoms with van der Waals surface area (Å²) in [4.78, 5) is 13.5. The maximum absolute atomic E-state index is 9.84. The standard InChI is InChI=1S/C6H4NO.C6H5.Y/c8-5-6-2-1-3-7-4-6;1-2-4-6-5-3-1;/h1-4H;1-5H;/q2*-1;. The quantitative estimate of drug-likeness (QED) is 0.743. The molecule has 0 saturated carbocycles. The van der Waals surface area contributed by atoms with E-state index < -0.39 is 0 Å². The third-order valence-electron chi connectivity index (χ3n) is 1.39. The largest absolute Gasteiger partial charge is 0.376 e. The second kappa shape index (κ2) is 9.69. The molecule has 1 heterocycles. The fourth-order valence-corrected chi connectivity index (χ4v) is 0.765. The van der Waals surface area contributed by atoms with Crippen molar-refractivity contribution in [1.29, 1.82) is 0 Å². The first-order valence-corrected chi connectivity index (χ1v) is 4.13. The number of hydrogen-bond donors (Lipinski definition) is 0. The molecule has 73 valence electrons. The van der Waals surface area contributed by atoms with E-state index in [0.29, 0.717) is 5.56 Å². The Hall–Kier alpha value is -0.856. The average molecular weight is 272 g/mol. The van der Waals surface area contributed by atoms with Crippen molar-refractivity contribution in [3.05, 3.63) is 66.5 Å². The Morgan fingerprint density at radius 2 is 1.87 bits per heavy atom. The van der Waals surface area contributed by atoms with Crippen LogP contribution in [0.1, 0.15) is 5.56 Å². The van der Waals surface area contributed by atoms with Gasteiger partial charge in [0.25, 0.3) is 0 Å². The van der Waals surface area contributed by atoms with Crippen LogP contribution >= 0.6 is 0 Å². The number of nitrogens with zero attached hydrogens (tertiary/aromatic N) is 1. The molecule has 0 aliphatic carbocycles. The number of pyridine rings is 1. The Kier molecular flexibility index (Phi) is 9.14. The van der Waals surface area contributed by atoms with Crippen LogP contribution in [0, 0.1) is 6.07 Å². The van der Waals surface area contributed by atoms with E-state index in [0.717, 1.165) is 0 Å². The van der Waals surface area contributed by atoms with Crippen LogP contribution in [-0.4, -0.2) is 11.3 Å². The van der Waals surface area contributed by atoms with Gasteiger partial charge in [-0.1, -0.05) is 6.20 Å². The number of rotatable bonds is 1. The van der Waals surface area contributed by atoms with Gasteiger partial charge in [0.05, 0.1) is 6.29 Å². The molecule has 1 radical (unpaired) electrons. The van der Waals surface area contributed by atoms with Crippen LogP contribution in [0.15, 0.2) is 54.9 Å². The van der Waals surface area contributed by atoms with Crippen molar-refractivity contribution in [1.82, 2.24) is 4.98 Å². The molecule has 0 saturated heterocycles. The summed E-state index contributed by atoms with van der Waals surface area (Å²) in [5.74, 6) is 0. The van der Waals surface area contributed by atoms with E-state index in [1.165, 1.54) is 6.20 Å². The van der Waals surface area contributed by atoms with E-state index in [1.54, 1.807) is 24.6 Å². The zero-order chi connectivity index (χ0) is 10.1. The van der Waals surface area contributed by atoms with Gasteiger partial charge >= 0.3 is 0 Å². The van der Waals surface area contributed by atoms with Crippen molar-refractivity contribution in [3.63, 3.8) is 0 Å². The molecule has 0 unspecified atom stereocenters. The molecule has 0 bridgehead atoms. The topological polar surface area (TPSA) is 30.0 Å². The summed E-state index contributed by atoms with van der Waals surface area (Å²) < 4.78 is 0. The van der Waals surface area contributed by atoms with E-state index >= 15 is 0 Å². The molecule has 0 N–H and O–H groups in total. The van der Waals surface area contributed by atoms with Gasteiger partial charge in [-0.05, 0) is 6.20 Å². The van der Waals surface area contributed by atoms with Crippen molar-refractivity contribution in [3.8, 4) is 0 Å². The predicted molar refractivity (Wildman–Crippen MR) is 54.3 cm³/mol. The number of carbonyl (C=O) groups excluding carboxylic acids is 1. The van der Waals surface area contributed by atoms with E-state index in [9.17, 15) is 4.79 Å². The van der Waals surface area contributed by atoms with Crippen molar-refractivity contribution >= 4 is 6.29 Å². The molecule has 1 aromatic heterocycles. The van der Waals surface area contributed by atoms with Gasteiger partial charge in [-0.3, -0.25) is 0 Å². The normalized spacial score (nSPS) is 7.73. The van der Waals surface area contributed by atoms with Crippen molar-refractivity contribution in [2.75, 3.05) is 0 Å². The Bertz CT molecular complexity index is 324. The van der Waals surface area contributed by atoms with E-state index in [2.05, 4.69) is 11.1 Å². The molecule has 0 atom stereocenters. The molecule has 3 heteroatoms. The fourth-order valence-electron chi connectivity index (χ4n) is 0.765. The van der Waals surface area contributed by atoms with Crippen molar-refractivity contribution in [2.24, 2.45) is 0 Å². The Labute approximate surface area is 115 Å². The van der Waals surface area contributed by atoms with Gasteiger partial charge in [0.2, 0.25) is 0 Å². The van der Waals surface area contributed by atoms with Crippen LogP contribution in [0.3, 0.4) is 0 Å². The van der Waals surface area contributed by atoms with E-state index in [1.807, 2.05) is 30.3 Å². The average Bonchev–Trinajstić information content (AvgIpc) is 2.33. The van der Waals surface area contributed by atoms with Gasteiger partial charge in [0, 0.05) is 32.7 Å². The molecule has 2 nitrogen and oxygen atoms in total. The molecule has 1 aromatic carbocycles. The molecular formula is C12H9NOY-2. The summed E-state index contributed by atoms with van der Waals surface area (Å²) >= 11 is 0. The van der Waals surface area contributed by atoms with Gasteiger partial charge < -0.3 is 9.78 Å². The van der Waals surface area contributed by atoms with E-state index in [-0.39, 0.29) is 32.7 Å². The molecule has 15 heavy (non-hydrogen) atoms. The molecule has 2 aromatic rings. The summed E-state index contributed by atoms with van der Waals surface area (Å²) in [6.45, 7) is 0. The van der Waals surface area contributed by atoms with Crippen LogP contribution in [0.2, 0.25) is 0 Å². The Morgan fingerprint density at radius 3 is 2.13 bits per heavy atom. The van der Waals surface area contributed by atoms with Crippen LogP contribution in [0.25, 0.3) is 0 Å². The summed E-state index contributed by atoms with van der Waals surface area (Å²) in [6.07, 6.45) is 4.79. The number of aromatic nitrogens is 1. The maximum Gasteiger partial charge on any atom is 0.0641 e. The van der Waals surface area contributed by atoms with Crippen LogP contribution in [-0.2, 0) is 37.5 Å². The minimum atomic E-state index is 0. The van der Waals surface area contributed by atoms with Crippen LogP contribution in [0.5, 0.6) is 0 Å². The fraction of sp³-hybridized carbons (Fsp3) is 0. The first-order valence-electron chi connectivity index (χ1n) is 4.13. The predicted octanol–water partition coefficient (Wildman–Crippen LogP) is 2.02. The van der Waals surface area contributed by atoms with Crippen LogP contribution < -0.4 is 0 Å². The zero-order valence-corrected chi connectivity index (χ0v) is 11.0. The smallest absolute Gasteiger partial charge is 0.0641 e. The molecular weight excluding hydrogens is 263 g/mol. The first-order chi connectivity index (χ1) is 6.93. The minimum absolute atomic E-state index is 0. The third-order valence-corrected chi connectivity index (χ3v) is 1.39. The Balaban J connectivity index is 0.000000253. The molecule has 2 rings (SSSR count). The van der Waals surface area contributed by atoms with Gasteiger partial charge in [0.1, 0.15) is 0 Å². The number of benzene rings is 1. The summed E-state index contributed by atoms with van der Waals surface area (Å²) in [5, 5.41) is 0. The van der Waals surface area contributed by atoms with Crippen molar-refractivity contribution < 1.29 is 37.5 Å². The third kappa shape index (κ3) is 7.12. The minimum Gasteiger partial charge on any atom is -0.376 e. The van der Waals surface area contributed by atoms with Gasteiger partial charge in [0.15, 0.2) is 0 Å². The van der Waals surface area contributed by atoms with Crippen molar-refractivity contribution in [2.45, 2.75) is 0 Å². The second-order valence-electron chi connectivity index (χ2n) is 2.42. The maximum atomic E-state index is 9.84. The summed E-state index contributed by atoms with van der Waals surface area (Å²) in [6, 6.07) is 15.8. The molecule has 0 amide bonds. The molecule has 0 aliphatic rings. The summed E-state index contributed by atoms with van der Waals surface area (Å²) in [7, 11) is 0. The first kappa shape index (κ1) is 14.1. The molecule has 0 spiro atoms. The molecule has 0 fully saturated rings. The summed E-state index contributed by atoms with van der Waals surface area (Å²) in [5.41, 5.74) is 0.493. The monoisotopic (exact) mass is 272 g/mol. The SMILES string of the molecule is O=[C-]c1cccnc1.[Y].[c-]1ccccc1. The Morgan fingerprint density at radius 1 is 1.13 bits per heavy atom. The van der Waals surface area contributed by atoms with Crippen LogP contribution in [0.4, 0.5) is 0 Å². The van der Waals surface area contributed by atoms with Gasteiger partial charge in [-0.2, -0.15) is 42.5 Å². The zero-order valence-electron chi connectivity index (χ0n) is 8.13. The van der Waals surface area contributed by atoms with Gasteiger partial charge in [-0.15, -0.1) is 11.6 Å². The van der Waals surface area contributed by atoms with Gasteiger partial charge in [-0.25, -0.2) is 0 Å². The van der Waals surface area contributed by atoms with E-state index in [4.69, 9.17) is 0 Å². The molecule has 0 aliphatic heterocycles.